The summed E-state index contributed by atoms with van der Waals surface area (Å²) < 4.78 is 0. The monoisotopic (exact) mass is 281 g/mol. The van der Waals surface area contributed by atoms with Gasteiger partial charge in [-0.05, 0) is 30.5 Å². The van der Waals surface area contributed by atoms with Crippen molar-refractivity contribution in [1.29, 1.82) is 0 Å². The van der Waals surface area contributed by atoms with E-state index < -0.39 is 5.97 Å². The summed E-state index contributed by atoms with van der Waals surface area (Å²) in [7, 11) is 0. The van der Waals surface area contributed by atoms with Crippen LogP contribution in [0.25, 0.3) is 6.08 Å². The number of carbonyl (C=O) groups excluding carboxylic acids is 1. The first-order chi connectivity index (χ1) is 8.93. The van der Waals surface area contributed by atoms with E-state index >= 15 is 0 Å². The minimum Gasteiger partial charge on any atom is -0.478 e. The predicted molar refractivity (Wildman–Crippen MR) is 77.5 cm³/mol. The van der Waals surface area contributed by atoms with Crippen LogP contribution in [0.1, 0.15) is 40.4 Å². The van der Waals surface area contributed by atoms with Gasteiger partial charge in [0.25, 0.3) is 5.91 Å². The van der Waals surface area contributed by atoms with Crippen molar-refractivity contribution in [3.63, 3.8) is 0 Å². The van der Waals surface area contributed by atoms with E-state index in [2.05, 4.69) is 19.2 Å². The van der Waals surface area contributed by atoms with Crippen LogP contribution < -0.4 is 5.32 Å². The van der Waals surface area contributed by atoms with E-state index in [1.165, 1.54) is 17.4 Å². The van der Waals surface area contributed by atoms with Crippen LogP contribution in [-0.4, -0.2) is 23.5 Å². The molecule has 0 fully saturated rings. The third kappa shape index (κ3) is 4.87. The van der Waals surface area contributed by atoms with Crippen LogP contribution in [0.4, 0.5) is 0 Å². The van der Waals surface area contributed by atoms with Crippen molar-refractivity contribution in [3.8, 4) is 0 Å². The highest BCUT2D eigenvalue weighted by Crippen LogP contribution is 2.23. The number of amides is 1. The fourth-order valence-corrected chi connectivity index (χ4v) is 2.41. The molecule has 1 amide bonds. The average Bonchev–Trinajstić information content (AvgIpc) is 2.74. The number of rotatable bonds is 6. The maximum atomic E-state index is 11.9. The number of carboxylic acid groups (broad SMARTS) is 1. The standard InChI is InChI=1S/C14H19NO3S/c1-4-9(2)8-15-14(18)12-7-10(3)11(19-12)5-6-13(16)17/h5-7,9H,4,8H2,1-3H3,(H,15,18)(H,16,17). The Morgan fingerprint density at radius 3 is 2.79 bits per heavy atom. The molecule has 0 aliphatic carbocycles. The molecule has 0 bridgehead atoms. The van der Waals surface area contributed by atoms with Crippen LogP contribution in [0.2, 0.25) is 0 Å². The number of hydrogen-bond donors (Lipinski definition) is 2. The molecule has 0 saturated carbocycles. The first-order valence-corrected chi connectivity index (χ1v) is 7.05. The van der Waals surface area contributed by atoms with Gasteiger partial charge in [-0.2, -0.15) is 0 Å². The van der Waals surface area contributed by atoms with E-state index in [1.807, 2.05) is 6.92 Å². The van der Waals surface area contributed by atoms with Crippen molar-refractivity contribution in [3.05, 3.63) is 27.5 Å². The first-order valence-electron chi connectivity index (χ1n) is 6.23. The molecule has 0 radical (unpaired) electrons. The highest BCUT2D eigenvalue weighted by molar-refractivity contribution is 7.15. The SMILES string of the molecule is CCC(C)CNC(=O)c1cc(C)c(C=CC(=O)O)s1. The molecule has 1 unspecified atom stereocenters. The molecule has 4 nitrogen and oxygen atoms in total. The van der Waals surface area contributed by atoms with Gasteiger partial charge in [-0.1, -0.05) is 20.3 Å². The maximum Gasteiger partial charge on any atom is 0.328 e. The van der Waals surface area contributed by atoms with E-state index in [-0.39, 0.29) is 5.91 Å². The summed E-state index contributed by atoms with van der Waals surface area (Å²) in [5.74, 6) is -0.629. The number of nitrogens with one attached hydrogen (secondary N) is 1. The fraction of sp³-hybridized carbons (Fsp3) is 0.429. The molecule has 1 aromatic rings. The molecule has 1 heterocycles. The molecule has 0 aliphatic heterocycles. The summed E-state index contributed by atoms with van der Waals surface area (Å²) in [5.41, 5.74) is 0.913. The van der Waals surface area contributed by atoms with Gasteiger partial charge in [0, 0.05) is 17.5 Å². The second-order valence-electron chi connectivity index (χ2n) is 4.55. The van der Waals surface area contributed by atoms with Crippen molar-refractivity contribution in [1.82, 2.24) is 5.32 Å². The molecule has 0 spiro atoms. The van der Waals surface area contributed by atoms with Gasteiger partial charge in [0.05, 0.1) is 4.88 Å². The molecule has 0 saturated heterocycles. The number of carbonyl (C=O) groups is 2. The molecule has 0 aliphatic rings. The highest BCUT2D eigenvalue weighted by atomic mass is 32.1. The van der Waals surface area contributed by atoms with Crippen LogP contribution in [0.5, 0.6) is 0 Å². The largest absolute Gasteiger partial charge is 0.478 e. The summed E-state index contributed by atoms with van der Waals surface area (Å²) in [4.78, 5) is 23.8. The topological polar surface area (TPSA) is 66.4 Å². The Bertz CT molecular complexity index is 491. The lowest BCUT2D eigenvalue weighted by Gasteiger charge is -2.08. The van der Waals surface area contributed by atoms with Crippen molar-refractivity contribution < 1.29 is 14.7 Å². The van der Waals surface area contributed by atoms with Gasteiger partial charge in [0.15, 0.2) is 0 Å². The van der Waals surface area contributed by atoms with E-state index in [4.69, 9.17) is 5.11 Å². The Hall–Kier alpha value is -1.62. The van der Waals surface area contributed by atoms with E-state index in [9.17, 15) is 9.59 Å². The number of aryl methyl sites for hydroxylation is 1. The van der Waals surface area contributed by atoms with Gasteiger partial charge < -0.3 is 10.4 Å². The minimum absolute atomic E-state index is 0.0941. The molecule has 1 rings (SSSR count). The highest BCUT2D eigenvalue weighted by Gasteiger charge is 2.11. The summed E-state index contributed by atoms with van der Waals surface area (Å²) in [6.07, 6.45) is 3.63. The molecule has 1 atom stereocenters. The van der Waals surface area contributed by atoms with Crippen LogP contribution in [0.3, 0.4) is 0 Å². The van der Waals surface area contributed by atoms with Gasteiger partial charge in [-0.25, -0.2) is 4.79 Å². The minimum atomic E-state index is -0.990. The zero-order chi connectivity index (χ0) is 14.4. The van der Waals surface area contributed by atoms with Gasteiger partial charge in [-0.3, -0.25) is 4.79 Å². The molecule has 1 aromatic heterocycles. The molecular weight excluding hydrogens is 262 g/mol. The van der Waals surface area contributed by atoms with E-state index in [0.29, 0.717) is 17.3 Å². The predicted octanol–water partition coefficient (Wildman–Crippen LogP) is 2.93. The quantitative estimate of drug-likeness (QED) is 0.788. The van der Waals surface area contributed by atoms with Crippen molar-refractivity contribution in [2.75, 3.05) is 6.54 Å². The average molecular weight is 281 g/mol. The van der Waals surface area contributed by atoms with Gasteiger partial charge in [-0.15, -0.1) is 11.3 Å². The lowest BCUT2D eigenvalue weighted by molar-refractivity contribution is -0.131. The second kappa shape index (κ2) is 7.09. The maximum absolute atomic E-state index is 11.9. The third-order valence-corrected chi connectivity index (χ3v) is 4.07. The third-order valence-electron chi connectivity index (χ3n) is 2.87. The van der Waals surface area contributed by atoms with Crippen LogP contribution in [0, 0.1) is 12.8 Å². The van der Waals surface area contributed by atoms with Crippen molar-refractivity contribution in [2.24, 2.45) is 5.92 Å². The first kappa shape index (κ1) is 15.4. The van der Waals surface area contributed by atoms with Crippen molar-refractivity contribution >= 4 is 29.3 Å². The van der Waals surface area contributed by atoms with Gasteiger partial charge >= 0.3 is 5.97 Å². The Balaban J connectivity index is 2.72. The van der Waals surface area contributed by atoms with Gasteiger partial charge in [0.1, 0.15) is 0 Å². The Kier molecular flexibility index (Phi) is 5.76. The second-order valence-corrected chi connectivity index (χ2v) is 5.64. The lowest BCUT2D eigenvalue weighted by Crippen LogP contribution is -2.27. The number of hydrogen-bond acceptors (Lipinski definition) is 3. The number of aliphatic carboxylic acids is 1. The number of carboxylic acids is 1. The van der Waals surface area contributed by atoms with Crippen molar-refractivity contribution in [2.45, 2.75) is 27.2 Å². The number of thiophene rings is 1. The van der Waals surface area contributed by atoms with Gasteiger partial charge in [0.2, 0.25) is 0 Å². The molecular formula is C14H19NO3S. The Labute approximate surface area is 117 Å². The Morgan fingerprint density at radius 2 is 2.21 bits per heavy atom. The molecule has 19 heavy (non-hydrogen) atoms. The molecule has 0 aromatic carbocycles. The zero-order valence-electron chi connectivity index (χ0n) is 11.4. The lowest BCUT2D eigenvalue weighted by atomic mass is 10.1. The van der Waals surface area contributed by atoms with Crippen LogP contribution in [-0.2, 0) is 4.79 Å². The normalized spacial score (nSPS) is 12.6. The smallest absolute Gasteiger partial charge is 0.328 e. The van der Waals surface area contributed by atoms with Crippen LogP contribution >= 0.6 is 11.3 Å². The zero-order valence-corrected chi connectivity index (χ0v) is 12.2. The molecule has 104 valence electrons. The summed E-state index contributed by atoms with van der Waals surface area (Å²) >= 11 is 1.31. The van der Waals surface area contributed by atoms with E-state index in [1.54, 1.807) is 6.07 Å². The summed E-state index contributed by atoms with van der Waals surface area (Å²) in [5, 5.41) is 11.5. The Morgan fingerprint density at radius 1 is 1.53 bits per heavy atom. The fourth-order valence-electron chi connectivity index (χ4n) is 1.42. The van der Waals surface area contributed by atoms with E-state index in [0.717, 1.165) is 22.9 Å². The summed E-state index contributed by atoms with van der Waals surface area (Å²) in [6.45, 7) is 6.69. The molecule has 5 heteroatoms. The summed E-state index contributed by atoms with van der Waals surface area (Å²) in [6, 6.07) is 1.79. The molecule has 2 N–H and O–H groups in total. The van der Waals surface area contributed by atoms with Crippen LogP contribution in [0.15, 0.2) is 12.1 Å².